The highest BCUT2D eigenvalue weighted by Crippen LogP contribution is 2.47. The number of rotatable bonds is 5. The van der Waals surface area contributed by atoms with Crippen LogP contribution in [0.25, 0.3) is 0 Å². The van der Waals surface area contributed by atoms with Crippen LogP contribution in [0.4, 0.5) is 13.2 Å². The number of hydrogen-bond donors (Lipinski definition) is 1. The van der Waals surface area contributed by atoms with Gasteiger partial charge in [-0.1, -0.05) is 12.5 Å². The molecule has 2 aliphatic rings. The summed E-state index contributed by atoms with van der Waals surface area (Å²) < 4.78 is 42.1. The summed E-state index contributed by atoms with van der Waals surface area (Å²) in [6.45, 7) is 3.60. The lowest BCUT2D eigenvalue weighted by molar-refractivity contribution is -0.154. The summed E-state index contributed by atoms with van der Waals surface area (Å²) in [6.07, 6.45) is 2.08. The van der Waals surface area contributed by atoms with Gasteiger partial charge >= 0.3 is 6.18 Å². The van der Waals surface area contributed by atoms with Crippen molar-refractivity contribution in [3.05, 3.63) is 23.9 Å². The molecule has 27 heavy (non-hydrogen) atoms. The zero-order valence-electron chi connectivity index (χ0n) is 15.4. The van der Waals surface area contributed by atoms with E-state index in [-0.39, 0.29) is 36.4 Å². The van der Waals surface area contributed by atoms with Gasteiger partial charge in [0.1, 0.15) is 0 Å². The molecular weight excluding hydrogens is 472 g/mol. The molecule has 1 aromatic heterocycles. The molecule has 0 amide bonds. The highest BCUT2D eigenvalue weighted by molar-refractivity contribution is 14.0. The van der Waals surface area contributed by atoms with Gasteiger partial charge in [0.05, 0.1) is 6.54 Å². The zero-order valence-corrected chi connectivity index (χ0v) is 17.7. The second-order valence-electron chi connectivity index (χ2n) is 7.07. The summed E-state index contributed by atoms with van der Waals surface area (Å²) in [5, 5.41) is 3.29. The van der Waals surface area contributed by atoms with Crippen LogP contribution < -0.4 is 10.1 Å². The number of pyridine rings is 1. The van der Waals surface area contributed by atoms with Gasteiger partial charge in [-0.15, -0.1) is 24.0 Å². The maximum Gasteiger partial charge on any atom is 0.422 e. The topological polar surface area (TPSA) is 49.8 Å². The summed E-state index contributed by atoms with van der Waals surface area (Å²) in [5.74, 6) is 0.795. The van der Waals surface area contributed by atoms with Gasteiger partial charge in [-0.25, -0.2) is 9.98 Å². The molecule has 0 atom stereocenters. The van der Waals surface area contributed by atoms with E-state index in [0.29, 0.717) is 11.0 Å². The van der Waals surface area contributed by atoms with E-state index in [1.165, 1.54) is 31.9 Å². The summed E-state index contributed by atoms with van der Waals surface area (Å²) in [5.41, 5.74) is 0.996. The standard InChI is InChI=1S/C18H25F3N4O.HI/c1-2-22-16(25-10-8-17(12-25)6-4-7-17)24-11-14-5-3-9-23-15(14)26-13-18(19,20)21;/h3,5,9H,2,4,6-8,10-13H2,1H3,(H,22,24);1H. The molecular formula is C18H26F3IN4O. The number of aliphatic imine (C=N–C) groups is 1. The Hall–Kier alpha value is -1.26. The summed E-state index contributed by atoms with van der Waals surface area (Å²) in [4.78, 5) is 10.8. The van der Waals surface area contributed by atoms with Gasteiger partial charge in [-0.3, -0.25) is 0 Å². The Balaban J connectivity index is 0.00000261. The fraction of sp³-hybridized carbons (Fsp3) is 0.667. The summed E-state index contributed by atoms with van der Waals surface area (Å²) in [7, 11) is 0. The second-order valence-corrected chi connectivity index (χ2v) is 7.07. The van der Waals surface area contributed by atoms with Gasteiger partial charge < -0.3 is 15.0 Å². The highest BCUT2D eigenvalue weighted by Gasteiger charge is 2.43. The number of halogens is 4. The van der Waals surface area contributed by atoms with Gasteiger partial charge in [-0.2, -0.15) is 13.2 Å². The third-order valence-corrected chi connectivity index (χ3v) is 5.11. The molecule has 5 nitrogen and oxygen atoms in total. The lowest BCUT2D eigenvalue weighted by Gasteiger charge is -2.38. The fourth-order valence-corrected chi connectivity index (χ4v) is 3.61. The lowest BCUT2D eigenvalue weighted by atomic mass is 9.68. The molecule has 0 unspecified atom stereocenters. The molecule has 9 heteroatoms. The first-order valence-electron chi connectivity index (χ1n) is 9.07. The van der Waals surface area contributed by atoms with E-state index in [1.54, 1.807) is 12.1 Å². The molecule has 1 aliphatic heterocycles. The van der Waals surface area contributed by atoms with Gasteiger partial charge in [-0.05, 0) is 37.7 Å². The smallest absolute Gasteiger partial charge is 0.422 e. The van der Waals surface area contributed by atoms with Crippen molar-refractivity contribution >= 4 is 29.9 Å². The Morgan fingerprint density at radius 1 is 1.37 bits per heavy atom. The van der Waals surface area contributed by atoms with E-state index in [2.05, 4.69) is 20.2 Å². The molecule has 2 fully saturated rings. The van der Waals surface area contributed by atoms with Crippen molar-refractivity contribution in [3.63, 3.8) is 0 Å². The van der Waals surface area contributed by atoms with E-state index in [9.17, 15) is 13.2 Å². The Kier molecular flexibility index (Phi) is 7.58. The molecule has 0 radical (unpaired) electrons. The molecule has 3 rings (SSSR count). The van der Waals surface area contributed by atoms with Crippen LogP contribution in [0, 0.1) is 5.41 Å². The van der Waals surface area contributed by atoms with Crippen LogP contribution in [0.2, 0.25) is 0 Å². The van der Waals surface area contributed by atoms with Crippen LogP contribution in [0.1, 0.15) is 38.2 Å². The molecule has 1 saturated heterocycles. The average Bonchev–Trinajstić information content (AvgIpc) is 3.03. The van der Waals surface area contributed by atoms with Crippen molar-refractivity contribution in [2.75, 3.05) is 26.2 Å². The molecule has 2 heterocycles. The SMILES string of the molecule is CCNC(=NCc1cccnc1OCC(F)(F)F)N1CCC2(CCC2)C1.I. The minimum absolute atomic E-state index is 0. The van der Waals surface area contributed by atoms with Gasteiger partial charge in [0.25, 0.3) is 0 Å². The summed E-state index contributed by atoms with van der Waals surface area (Å²) >= 11 is 0. The van der Waals surface area contributed by atoms with Crippen molar-refractivity contribution in [2.45, 2.75) is 45.3 Å². The minimum atomic E-state index is -4.39. The lowest BCUT2D eigenvalue weighted by Crippen LogP contribution is -2.42. The number of ether oxygens (including phenoxy) is 1. The molecule has 152 valence electrons. The van der Waals surface area contributed by atoms with E-state index in [0.717, 1.165) is 25.6 Å². The first-order chi connectivity index (χ1) is 12.4. The summed E-state index contributed by atoms with van der Waals surface area (Å²) in [6, 6.07) is 3.38. The van der Waals surface area contributed by atoms with Crippen LogP contribution in [0.3, 0.4) is 0 Å². The molecule has 0 bridgehead atoms. The van der Waals surface area contributed by atoms with E-state index in [4.69, 9.17) is 4.74 Å². The Bertz CT molecular complexity index is 650. The quantitative estimate of drug-likeness (QED) is 0.379. The van der Waals surface area contributed by atoms with E-state index in [1.807, 2.05) is 6.92 Å². The van der Waals surface area contributed by atoms with Crippen LogP contribution in [0.15, 0.2) is 23.3 Å². The normalized spacial score (nSPS) is 18.8. The number of alkyl halides is 3. The predicted molar refractivity (Wildman–Crippen MR) is 108 cm³/mol. The van der Waals surface area contributed by atoms with Crippen molar-refractivity contribution < 1.29 is 17.9 Å². The van der Waals surface area contributed by atoms with E-state index >= 15 is 0 Å². The maximum absolute atomic E-state index is 12.4. The predicted octanol–water partition coefficient (Wildman–Crippen LogP) is 3.98. The van der Waals surface area contributed by atoms with Gasteiger partial charge in [0, 0.05) is 31.4 Å². The fourth-order valence-electron chi connectivity index (χ4n) is 3.61. The van der Waals surface area contributed by atoms with Crippen LogP contribution >= 0.6 is 24.0 Å². The Morgan fingerprint density at radius 2 is 2.15 bits per heavy atom. The zero-order chi connectivity index (χ0) is 18.6. The van der Waals surface area contributed by atoms with Crippen LogP contribution in [-0.4, -0.2) is 48.3 Å². The molecule has 1 spiro atoms. The number of nitrogens with one attached hydrogen (secondary N) is 1. The number of aromatic nitrogens is 1. The average molecular weight is 498 g/mol. The number of hydrogen-bond acceptors (Lipinski definition) is 3. The van der Waals surface area contributed by atoms with Crippen LogP contribution in [0.5, 0.6) is 5.88 Å². The first kappa shape index (κ1) is 22.0. The first-order valence-corrected chi connectivity index (χ1v) is 9.07. The Morgan fingerprint density at radius 3 is 2.74 bits per heavy atom. The Labute approximate surface area is 174 Å². The third kappa shape index (κ3) is 5.86. The van der Waals surface area contributed by atoms with Gasteiger partial charge in [0.2, 0.25) is 5.88 Å². The molecule has 1 saturated carbocycles. The van der Waals surface area contributed by atoms with Gasteiger partial charge in [0.15, 0.2) is 12.6 Å². The van der Waals surface area contributed by atoms with Crippen LogP contribution in [-0.2, 0) is 6.54 Å². The highest BCUT2D eigenvalue weighted by atomic mass is 127. The number of nitrogens with zero attached hydrogens (tertiary/aromatic N) is 3. The van der Waals surface area contributed by atoms with Crippen molar-refractivity contribution in [1.82, 2.24) is 15.2 Å². The number of likely N-dealkylation sites (tertiary alicyclic amines) is 1. The van der Waals surface area contributed by atoms with Crippen molar-refractivity contribution in [1.29, 1.82) is 0 Å². The number of guanidine groups is 1. The molecule has 0 aromatic carbocycles. The monoisotopic (exact) mass is 498 g/mol. The maximum atomic E-state index is 12.4. The van der Waals surface area contributed by atoms with E-state index < -0.39 is 12.8 Å². The molecule has 1 aliphatic carbocycles. The van der Waals surface area contributed by atoms with Crippen molar-refractivity contribution in [2.24, 2.45) is 10.4 Å². The largest absolute Gasteiger partial charge is 0.468 e. The molecule has 1 aromatic rings. The molecule has 1 N–H and O–H groups in total. The minimum Gasteiger partial charge on any atom is -0.468 e. The van der Waals surface area contributed by atoms with Crippen molar-refractivity contribution in [3.8, 4) is 5.88 Å². The third-order valence-electron chi connectivity index (χ3n) is 5.11. The second kappa shape index (κ2) is 9.29.